The molecule has 1 saturated heterocycles. The first-order valence-electron chi connectivity index (χ1n) is 6.30. The summed E-state index contributed by atoms with van der Waals surface area (Å²) in [6.45, 7) is 2.85. The molecule has 3 nitrogen and oxygen atoms in total. The van der Waals surface area contributed by atoms with Crippen LogP contribution in [0.4, 0.5) is 0 Å². The smallest absolute Gasteiger partial charge is 0.223 e. The Hall–Kier alpha value is -0.520. The van der Waals surface area contributed by atoms with E-state index in [-0.39, 0.29) is 16.9 Å². The molecular weight excluding hydrogens is 362 g/mol. The molecule has 1 atom stereocenters. The van der Waals surface area contributed by atoms with Crippen LogP contribution in [-0.2, 0) is 16.1 Å². The fourth-order valence-corrected chi connectivity index (χ4v) is 3.36. The van der Waals surface area contributed by atoms with E-state index in [1.54, 1.807) is 6.92 Å². The van der Waals surface area contributed by atoms with Crippen molar-refractivity contribution < 1.29 is 9.59 Å². The monoisotopic (exact) mass is 375 g/mol. The van der Waals surface area contributed by atoms with Gasteiger partial charge in [0.1, 0.15) is 0 Å². The second-order valence-electron chi connectivity index (χ2n) is 4.90. The Morgan fingerprint density at radius 2 is 2.30 bits per heavy atom. The summed E-state index contributed by atoms with van der Waals surface area (Å²) >= 11 is 10.7. The molecule has 1 heterocycles. The van der Waals surface area contributed by atoms with Gasteiger partial charge in [0.15, 0.2) is 5.12 Å². The van der Waals surface area contributed by atoms with Crippen LogP contribution in [0.25, 0.3) is 0 Å². The Morgan fingerprint density at radius 3 is 2.95 bits per heavy atom. The fourth-order valence-electron chi connectivity index (χ4n) is 2.21. The maximum Gasteiger partial charge on any atom is 0.223 e. The number of carbonyl (C=O) groups excluding carboxylic acids is 2. The maximum absolute atomic E-state index is 12.0. The molecule has 0 bridgehead atoms. The summed E-state index contributed by atoms with van der Waals surface area (Å²) in [6.07, 6.45) is 0.532. The number of rotatable bonds is 4. The minimum Gasteiger partial charge on any atom is -0.338 e. The molecule has 1 aliphatic heterocycles. The van der Waals surface area contributed by atoms with Gasteiger partial charge >= 0.3 is 0 Å². The lowest BCUT2D eigenvalue weighted by Gasteiger charge is -2.17. The predicted octanol–water partition coefficient (Wildman–Crippen LogP) is 3.73. The lowest BCUT2D eigenvalue weighted by Crippen LogP contribution is -2.24. The first kappa shape index (κ1) is 15.9. The number of halogens is 2. The molecule has 0 N–H and O–H groups in total. The molecule has 6 heteroatoms. The number of nitrogens with zero attached hydrogens (tertiary/aromatic N) is 1. The highest BCUT2D eigenvalue weighted by atomic mass is 79.9. The molecule has 108 valence electrons. The van der Waals surface area contributed by atoms with Crippen molar-refractivity contribution >= 4 is 50.3 Å². The molecule has 0 spiro atoms. The van der Waals surface area contributed by atoms with E-state index in [2.05, 4.69) is 15.9 Å². The number of carbonyl (C=O) groups is 2. The lowest BCUT2D eigenvalue weighted by molar-refractivity contribution is -0.128. The van der Waals surface area contributed by atoms with Crippen molar-refractivity contribution in [1.82, 2.24) is 4.90 Å². The lowest BCUT2D eigenvalue weighted by atomic mass is 10.1. The summed E-state index contributed by atoms with van der Waals surface area (Å²) in [6, 6.07) is 5.72. The quantitative estimate of drug-likeness (QED) is 0.803. The van der Waals surface area contributed by atoms with Crippen molar-refractivity contribution in [3.05, 3.63) is 33.3 Å². The molecule has 1 fully saturated rings. The van der Waals surface area contributed by atoms with Crippen LogP contribution in [0.3, 0.4) is 0 Å². The van der Waals surface area contributed by atoms with E-state index in [1.165, 1.54) is 11.8 Å². The minimum atomic E-state index is 0.107. The number of likely N-dealkylation sites (tertiary alicyclic amines) is 1. The summed E-state index contributed by atoms with van der Waals surface area (Å²) in [5.41, 5.74) is 1.02. The fraction of sp³-hybridized carbons (Fsp3) is 0.429. The van der Waals surface area contributed by atoms with Gasteiger partial charge in [-0.3, -0.25) is 9.59 Å². The van der Waals surface area contributed by atoms with Crippen LogP contribution < -0.4 is 0 Å². The van der Waals surface area contributed by atoms with Crippen molar-refractivity contribution in [2.75, 3.05) is 12.3 Å². The van der Waals surface area contributed by atoms with Crippen molar-refractivity contribution in [3.63, 3.8) is 0 Å². The van der Waals surface area contributed by atoms with Crippen molar-refractivity contribution in [3.8, 4) is 0 Å². The van der Waals surface area contributed by atoms with E-state index in [9.17, 15) is 9.59 Å². The zero-order valence-corrected chi connectivity index (χ0v) is 14.2. The summed E-state index contributed by atoms with van der Waals surface area (Å²) in [5.74, 6) is 1.14. The Bertz CT molecular complexity index is 538. The van der Waals surface area contributed by atoms with E-state index in [4.69, 9.17) is 11.6 Å². The molecule has 1 aromatic rings. The van der Waals surface area contributed by atoms with Gasteiger partial charge in [-0.05, 0) is 39.5 Å². The first-order chi connectivity index (χ1) is 9.45. The second-order valence-corrected chi connectivity index (χ2v) is 7.35. The Balaban J connectivity index is 1.94. The Kier molecular flexibility index (Phi) is 5.52. The van der Waals surface area contributed by atoms with Crippen molar-refractivity contribution in [2.24, 2.45) is 5.92 Å². The topological polar surface area (TPSA) is 37.4 Å². The van der Waals surface area contributed by atoms with Crippen LogP contribution in [0, 0.1) is 5.92 Å². The molecule has 0 aliphatic carbocycles. The zero-order chi connectivity index (χ0) is 14.7. The van der Waals surface area contributed by atoms with E-state index in [1.807, 2.05) is 23.1 Å². The summed E-state index contributed by atoms with van der Waals surface area (Å²) < 4.78 is 0.853. The molecule has 1 aromatic carbocycles. The van der Waals surface area contributed by atoms with Crippen LogP contribution in [-0.4, -0.2) is 28.2 Å². The van der Waals surface area contributed by atoms with Crippen molar-refractivity contribution in [1.29, 1.82) is 0 Å². The zero-order valence-electron chi connectivity index (χ0n) is 11.1. The third-order valence-corrected chi connectivity index (χ3v) is 5.45. The van der Waals surface area contributed by atoms with Crippen LogP contribution in [0.15, 0.2) is 22.7 Å². The first-order valence-corrected chi connectivity index (χ1v) is 8.46. The van der Waals surface area contributed by atoms with Crippen LogP contribution in [0.5, 0.6) is 0 Å². The van der Waals surface area contributed by atoms with E-state index >= 15 is 0 Å². The highest BCUT2D eigenvalue weighted by Crippen LogP contribution is 2.27. The molecular formula is C14H15BrClNO2S. The number of benzene rings is 1. The van der Waals surface area contributed by atoms with Crippen LogP contribution in [0.2, 0.25) is 5.02 Å². The van der Waals surface area contributed by atoms with Crippen LogP contribution >= 0.6 is 39.3 Å². The van der Waals surface area contributed by atoms with Gasteiger partial charge in [0, 0.05) is 36.7 Å². The third-order valence-electron chi connectivity index (χ3n) is 3.17. The number of hydrogen-bond donors (Lipinski definition) is 0. The Labute approximate surface area is 136 Å². The van der Waals surface area contributed by atoms with Gasteiger partial charge in [-0.1, -0.05) is 29.4 Å². The summed E-state index contributed by atoms with van der Waals surface area (Å²) in [7, 11) is 0. The standard InChI is InChI=1S/C14H15BrClNO2S/c1-9(18)20-8-11-5-14(19)17(7-11)6-10-2-3-12(15)13(16)4-10/h2-4,11H,5-8H2,1H3. The highest BCUT2D eigenvalue weighted by molar-refractivity contribution is 9.10. The largest absolute Gasteiger partial charge is 0.338 e. The van der Waals surface area contributed by atoms with Gasteiger partial charge in [-0.2, -0.15) is 0 Å². The van der Waals surface area contributed by atoms with E-state index in [0.29, 0.717) is 24.5 Å². The van der Waals surface area contributed by atoms with Gasteiger partial charge in [0.05, 0.1) is 5.02 Å². The number of hydrogen-bond acceptors (Lipinski definition) is 3. The molecule has 20 heavy (non-hydrogen) atoms. The highest BCUT2D eigenvalue weighted by Gasteiger charge is 2.29. The average Bonchev–Trinajstić information content (AvgIpc) is 2.72. The minimum absolute atomic E-state index is 0.107. The normalized spacial score (nSPS) is 18.6. The summed E-state index contributed by atoms with van der Waals surface area (Å²) in [5, 5.41) is 0.758. The third kappa shape index (κ3) is 4.24. The molecule has 1 amide bonds. The maximum atomic E-state index is 12.0. The molecule has 1 unspecified atom stereocenters. The van der Waals surface area contributed by atoms with Crippen molar-refractivity contribution in [2.45, 2.75) is 19.9 Å². The van der Waals surface area contributed by atoms with E-state index < -0.39 is 0 Å². The molecule has 2 rings (SSSR count). The predicted molar refractivity (Wildman–Crippen MR) is 85.8 cm³/mol. The molecule has 0 radical (unpaired) electrons. The Morgan fingerprint density at radius 1 is 1.55 bits per heavy atom. The van der Waals surface area contributed by atoms with Gasteiger partial charge in [-0.15, -0.1) is 0 Å². The second kappa shape index (κ2) is 6.96. The van der Waals surface area contributed by atoms with Gasteiger partial charge < -0.3 is 4.90 Å². The van der Waals surface area contributed by atoms with E-state index in [0.717, 1.165) is 15.8 Å². The van der Waals surface area contributed by atoms with Gasteiger partial charge in [0.2, 0.25) is 5.91 Å². The number of amides is 1. The van der Waals surface area contributed by atoms with Gasteiger partial charge in [0.25, 0.3) is 0 Å². The van der Waals surface area contributed by atoms with Gasteiger partial charge in [-0.25, -0.2) is 0 Å². The summed E-state index contributed by atoms with van der Waals surface area (Å²) in [4.78, 5) is 24.8. The molecule has 0 saturated carbocycles. The van der Waals surface area contributed by atoms with Crippen LogP contribution in [0.1, 0.15) is 18.9 Å². The molecule has 0 aromatic heterocycles. The molecule has 1 aliphatic rings. The number of thioether (sulfide) groups is 1. The average molecular weight is 377 g/mol. The SMILES string of the molecule is CC(=O)SCC1CC(=O)N(Cc2ccc(Br)c(Cl)c2)C1.